The Kier molecular flexibility index (Phi) is 5.81. The SMILES string of the molecule is CCOC(=O)c1cc(-c2ccc(OC)c(S(=O)(=O)N3CCCCC3)c2)on1. The number of piperidine rings is 1. The minimum absolute atomic E-state index is 0.0307. The molecule has 3 rings (SSSR count). The van der Waals surface area contributed by atoms with Crippen LogP contribution in [0.25, 0.3) is 11.3 Å². The average Bonchev–Trinajstić information content (AvgIpc) is 3.19. The molecule has 2 aromatic rings. The molecule has 9 heteroatoms. The van der Waals surface area contributed by atoms with Crippen LogP contribution in [0.15, 0.2) is 33.7 Å². The Morgan fingerprint density at radius 2 is 1.96 bits per heavy atom. The fourth-order valence-corrected chi connectivity index (χ4v) is 4.69. The molecular weight excluding hydrogens is 372 g/mol. The second-order valence-electron chi connectivity index (χ2n) is 6.13. The van der Waals surface area contributed by atoms with Crippen molar-refractivity contribution in [2.75, 3.05) is 26.8 Å². The van der Waals surface area contributed by atoms with Crippen molar-refractivity contribution in [1.82, 2.24) is 9.46 Å². The molecule has 1 aliphatic heterocycles. The summed E-state index contributed by atoms with van der Waals surface area (Å²) >= 11 is 0. The van der Waals surface area contributed by atoms with E-state index in [1.54, 1.807) is 19.1 Å². The first-order valence-corrected chi connectivity index (χ1v) is 10.2. The molecule has 0 N–H and O–H groups in total. The second kappa shape index (κ2) is 8.10. The van der Waals surface area contributed by atoms with Crippen LogP contribution in [0.4, 0.5) is 0 Å². The summed E-state index contributed by atoms with van der Waals surface area (Å²) in [6, 6.07) is 6.14. The topological polar surface area (TPSA) is 98.9 Å². The lowest BCUT2D eigenvalue weighted by Crippen LogP contribution is -2.35. The number of benzene rings is 1. The maximum Gasteiger partial charge on any atom is 0.360 e. The van der Waals surface area contributed by atoms with Crippen LogP contribution in [0.3, 0.4) is 0 Å². The third kappa shape index (κ3) is 3.98. The van der Waals surface area contributed by atoms with E-state index < -0.39 is 16.0 Å². The summed E-state index contributed by atoms with van der Waals surface area (Å²) < 4.78 is 43.0. The molecule has 27 heavy (non-hydrogen) atoms. The molecule has 1 aromatic carbocycles. The Labute approximate surface area is 158 Å². The molecule has 1 aliphatic rings. The van der Waals surface area contributed by atoms with E-state index in [0.29, 0.717) is 18.7 Å². The lowest BCUT2D eigenvalue weighted by Gasteiger charge is -2.26. The molecule has 0 radical (unpaired) electrons. The van der Waals surface area contributed by atoms with Gasteiger partial charge in [-0.15, -0.1) is 0 Å². The molecule has 0 unspecified atom stereocenters. The van der Waals surface area contributed by atoms with Crippen molar-refractivity contribution in [3.8, 4) is 17.1 Å². The molecule has 8 nitrogen and oxygen atoms in total. The minimum Gasteiger partial charge on any atom is -0.495 e. The highest BCUT2D eigenvalue weighted by atomic mass is 32.2. The second-order valence-corrected chi connectivity index (χ2v) is 8.03. The Bertz CT molecular complexity index is 916. The van der Waals surface area contributed by atoms with E-state index >= 15 is 0 Å². The maximum absolute atomic E-state index is 13.1. The van der Waals surface area contributed by atoms with Crippen LogP contribution in [-0.4, -0.2) is 50.7 Å². The molecule has 0 spiro atoms. The fourth-order valence-electron chi connectivity index (χ4n) is 2.99. The molecular formula is C18H22N2O6S. The number of nitrogens with zero attached hydrogens (tertiary/aromatic N) is 2. The number of sulfonamides is 1. The van der Waals surface area contributed by atoms with Crippen LogP contribution in [0.1, 0.15) is 36.7 Å². The average molecular weight is 394 g/mol. The van der Waals surface area contributed by atoms with Gasteiger partial charge in [0.2, 0.25) is 10.0 Å². The minimum atomic E-state index is -3.70. The normalized spacial score (nSPS) is 15.5. The highest BCUT2D eigenvalue weighted by Crippen LogP contribution is 2.33. The number of hydrogen-bond donors (Lipinski definition) is 0. The predicted molar refractivity (Wildman–Crippen MR) is 97.1 cm³/mol. The van der Waals surface area contributed by atoms with E-state index in [1.807, 2.05) is 0 Å². The largest absolute Gasteiger partial charge is 0.495 e. The maximum atomic E-state index is 13.1. The van der Waals surface area contributed by atoms with Gasteiger partial charge < -0.3 is 14.0 Å². The van der Waals surface area contributed by atoms with Gasteiger partial charge in [0.15, 0.2) is 11.5 Å². The van der Waals surface area contributed by atoms with E-state index in [9.17, 15) is 13.2 Å². The van der Waals surface area contributed by atoms with Gasteiger partial charge in [0.1, 0.15) is 10.6 Å². The van der Waals surface area contributed by atoms with Crippen LogP contribution in [-0.2, 0) is 14.8 Å². The summed E-state index contributed by atoms with van der Waals surface area (Å²) in [6.45, 7) is 2.90. The number of aromatic nitrogens is 1. The van der Waals surface area contributed by atoms with Crippen molar-refractivity contribution in [3.63, 3.8) is 0 Å². The van der Waals surface area contributed by atoms with Crippen LogP contribution in [0.2, 0.25) is 0 Å². The molecule has 0 atom stereocenters. The van der Waals surface area contributed by atoms with Crippen molar-refractivity contribution < 1.29 is 27.2 Å². The van der Waals surface area contributed by atoms with Crippen molar-refractivity contribution >= 4 is 16.0 Å². The summed E-state index contributed by atoms with van der Waals surface area (Å²) in [4.78, 5) is 11.8. The molecule has 0 bridgehead atoms. The van der Waals surface area contributed by atoms with Gasteiger partial charge in [0.05, 0.1) is 13.7 Å². The number of carbonyl (C=O) groups excluding carboxylic acids is 1. The van der Waals surface area contributed by atoms with Crippen LogP contribution >= 0.6 is 0 Å². The first-order valence-electron chi connectivity index (χ1n) is 8.79. The summed E-state index contributed by atoms with van der Waals surface area (Å²) in [5.41, 5.74) is 0.512. The van der Waals surface area contributed by atoms with Gasteiger partial charge in [-0.3, -0.25) is 0 Å². The predicted octanol–water partition coefficient (Wildman–Crippen LogP) is 2.70. The molecule has 1 aromatic heterocycles. The van der Waals surface area contributed by atoms with Crippen molar-refractivity contribution in [2.24, 2.45) is 0 Å². The van der Waals surface area contributed by atoms with E-state index in [1.165, 1.54) is 23.5 Å². The van der Waals surface area contributed by atoms with Gasteiger partial charge in [0, 0.05) is 24.7 Å². The van der Waals surface area contributed by atoms with Gasteiger partial charge in [-0.05, 0) is 38.0 Å². The number of ether oxygens (including phenoxy) is 2. The fraction of sp³-hybridized carbons (Fsp3) is 0.444. The Morgan fingerprint density at radius 1 is 1.22 bits per heavy atom. The molecule has 1 saturated heterocycles. The lowest BCUT2D eigenvalue weighted by atomic mass is 10.1. The molecule has 2 heterocycles. The molecule has 0 saturated carbocycles. The molecule has 1 fully saturated rings. The summed E-state index contributed by atoms with van der Waals surface area (Å²) in [6.07, 6.45) is 2.70. The Balaban J connectivity index is 1.98. The summed E-state index contributed by atoms with van der Waals surface area (Å²) in [5, 5.41) is 3.69. The lowest BCUT2D eigenvalue weighted by molar-refractivity contribution is 0.0514. The van der Waals surface area contributed by atoms with Gasteiger partial charge >= 0.3 is 5.97 Å². The zero-order valence-electron chi connectivity index (χ0n) is 15.3. The summed E-state index contributed by atoms with van der Waals surface area (Å²) in [7, 11) is -2.27. The standard InChI is InChI=1S/C18H22N2O6S/c1-3-25-18(21)14-12-16(26-19-14)13-7-8-15(24-2)17(11-13)27(22,23)20-9-5-4-6-10-20/h7-8,11-12H,3-6,9-10H2,1-2H3. The third-order valence-electron chi connectivity index (χ3n) is 4.38. The number of methoxy groups -OCH3 is 1. The number of esters is 1. The highest BCUT2D eigenvalue weighted by Gasteiger charge is 2.29. The highest BCUT2D eigenvalue weighted by molar-refractivity contribution is 7.89. The van der Waals surface area contributed by atoms with Crippen LogP contribution in [0.5, 0.6) is 5.75 Å². The van der Waals surface area contributed by atoms with Crippen molar-refractivity contribution in [3.05, 3.63) is 30.0 Å². The van der Waals surface area contributed by atoms with E-state index in [-0.39, 0.29) is 28.7 Å². The third-order valence-corrected chi connectivity index (χ3v) is 6.30. The Morgan fingerprint density at radius 3 is 2.63 bits per heavy atom. The molecule has 146 valence electrons. The quantitative estimate of drug-likeness (QED) is 0.695. The monoisotopic (exact) mass is 394 g/mol. The van der Waals surface area contributed by atoms with Gasteiger partial charge in [0.25, 0.3) is 0 Å². The summed E-state index contributed by atoms with van der Waals surface area (Å²) in [5.74, 6) is -0.0626. The van der Waals surface area contributed by atoms with E-state index in [0.717, 1.165) is 19.3 Å². The first-order chi connectivity index (χ1) is 13.0. The van der Waals surface area contributed by atoms with Gasteiger partial charge in [-0.25, -0.2) is 13.2 Å². The van der Waals surface area contributed by atoms with E-state index in [4.69, 9.17) is 14.0 Å². The van der Waals surface area contributed by atoms with E-state index in [2.05, 4.69) is 5.16 Å². The Hall–Kier alpha value is -2.39. The van der Waals surface area contributed by atoms with Crippen LogP contribution in [0, 0.1) is 0 Å². The zero-order chi connectivity index (χ0) is 19.4. The van der Waals surface area contributed by atoms with Crippen molar-refractivity contribution in [1.29, 1.82) is 0 Å². The molecule has 0 amide bonds. The number of hydrogen-bond acceptors (Lipinski definition) is 7. The van der Waals surface area contributed by atoms with Gasteiger partial charge in [-0.2, -0.15) is 4.31 Å². The van der Waals surface area contributed by atoms with Crippen LogP contribution < -0.4 is 4.74 Å². The first kappa shape index (κ1) is 19.4. The zero-order valence-corrected chi connectivity index (χ0v) is 16.1. The molecule has 0 aliphatic carbocycles. The van der Waals surface area contributed by atoms with Crippen molar-refractivity contribution in [2.45, 2.75) is 31.1 Å². The number of carbonyl (C=O) groups is 1. The van der Waals surface area contributed by atoms with Gasteiger partial charge in [-0.1, -0.05) is 11.6 Å². The smallest absolute Gasteiger partial charge is 0.360 e. The number of rotatable bonds is 6.